The summed E-state index contributed by atoms with van der Waals surface area (Å²) >= 11 is 1.78. The van der Waals surface area contributed by atoms with Gasteiger partial charge in [-0.2, -0.15) is 11.3 Å². The summed E-state index contributed by atoms with van der Waals surface area (Å²) in [5.74, 6) is 0.605. The van der Waals surface area contributed by atoms with Crippen molar-refractivity contribution < 1.29 is 4.74 Å². The first-order valence-electron chi connectivity index (χ1n) is 6.34. The van der Waals surface area contributed by atoms with Crippen molar-refractivity contribution in [3.63, 3.8) is 0 Å². The van der Waals surface area contributed by atoms with Crippen LogP contribution in [0.3, 0.4) is 0 Å². The molecule has 0 radical (unpaired) electrons. The summed E-state index contributed by atoms with van der Waals surface area (Å²) in [7, 11) is 0. The maximum atomic E-state index is 5.53. The summed E-state index contributed by atoms with van der Waals surface area (Å²) in [5.41, 5.74) is 2.82. The zero-order valence-corrected chi connectivity index (χ0v) is 11.5. The first-order valence-corrected chi connectivity index (χ1v) is 7.29. The zero-order valence-electron chi connectivity index (χ0n) is 10.7. The van der Waals surface area contributed by atoms with Crippen LogP contribution >= 0.6 is 11.3 Å². The van der Waals surface area contributed by atoms with Crippen LogP contribution in [0.25, 0.3) is 0 Å². The lowest BCUT2D eigenvalue weighted by Crippen LogP contribution is -2.40. The second-order valence-electron chi connectivity index (χ2n) is 4.67. The highest BCUT2D eigenvalue weighted by Gasteiger charge is 2.26. The van der Waals surface area contributed by atoms with Crippen molar-refractivity contribution in [1.29, 1.82) is 0 Å². The molecule has 0 saturated carbocycles. The summed E-state index contributed by atoms with van der Waals surface area (Å²) in [6.07, 6.45) is 0. The van der Waals surface area contributed by atoms with Gasteiger partial charge in [-0.25, -0.2) is 0 Å². The van der Waals surface area contributed by atoms with E-state index in [0.717, 1.165) is 32.8 Å². The van der Waals surface area contributed by atoms with Crippen LogP contribution < -0.4 is 10.6 Å². The van der Waals surface area contributed by atoms with Crippen LogP contribution in [0.1, 0.15) is 18.1 Å². The molecule has 0 spiro atoms. The Morgan fingerprint density at radius 2 is 2.29 bits per heavy atom. The van der Waals surface area contributed by atoms with Gasteiger partial charge >= 0.3 is 0 Å². The Kier molecular flexibility index (Phi) is 4.98. The molecule has 96 valence electrons. The van der Waals surface area contributed by atoms with Gasteiger partial charge in [0.25, 0.3) is 0 Å². The van der Waals surface area contributed by atoms with Gasteiger partial charge in [0, 0.05) is 25.0 Å². The fourth-order valence-corrected chi connectivity index (χ4v) is 3.10. The minimum atomic E-state index is 0.524. The van der Waals surface area contributed by atoms with E-state index in [1.807, 2.05) is 0 Å². The number of likely N-dealkylation sites (N-methyl/N-ethyl adjacent to an activating group) is 1. The number of hydrogen-bond donors (Lipinski definition) is 2. The molecule has 4 heteroatoms. The molecule has 2 heterocycles. The highest BCUT2D eigenvalue weighted by molar-refractivity contribution is 7.08. The number of nitrogens with one attached hydrogen (secondary N) is 2. The van der Waals surface area contributed by atoms with E-state index in [0.29, 0.717) is 12.0 Å². The fraction of sp³-hybridized carbons (Fsp3) is 0.692. The van der Waals surface area contributed by atoms with Crippen molar-refractivity contribution in [1.82, 2.24) is 10.6 Å². The normalized spacial score (nSPS) is 24.4. The van der Waals surface area contributed by atoms with Crippen LogP contribution in [0.2, 0.25) is 0 Å². The van der Waals surface area contributed by atoms with E-state index in [-0.39, 0.29) is 0 Å². The van der Waals surface area contributed by atoms with E-state index in [1.165, 1.54) is 11.1 Å². The first kappa shape index (κ1) is 13.0. The number of ether oxygens (including phenoxy) is 1. The lowest BCUT2D eigenvalue weighted by Gasteiger charge is -2.18. The van der Waals surface area contributed by atoms with Crippen molar-refractivity contribution in [2.45, 2.75) is 26.4 Å². The van der Waals surface area contributed by atoms with Gasteiger partial charge < -0.3 is 15.4 Å². The summed E-state index contributed by atoms with van der Waals surface area (Å²) in [4.78, 5) is 0. The van der Waals surface area contributed by atoms with Crippen molar-refractivity contribution in [2.24, 2.45) is 5.92 Å². The molecule has 0 amide bonds. The van der Waals surface area contributed by atoms with Gasteiger partial charge in [-0.05, 0) is 35.4 Å². The summed E-state index contributed by atoms with van der Waals surface area (Å²) < 4.78 is 5.53. The molecule has 1 aromatic rings. The zero-order chi connectivity index (χ0) is 12.1. The third-order valence-corrected chi connectivity index (χ3v) is 4.26. The number of rotatable bonds is 6. The van der Waals surface area contributed by atoms with Crippen molar-refractivity contribution in [3.05, 3.63) is 21.9 Å². The van der Waals surface area contributed by atoms with Gasteiger partial charge in [0.1, 0.15) is 0 Å². The fourth-order valence-electron chi connectivity index (χ4n) is 2.25. The molecule has 0 aromatic carbocycles. The number of thiophene rings is 1. The van der Waals surface area contributed by atoms with E-state index in [1.54, 1.807) is 11.3 Å². The molecule has 1 aliphatic rings. The molecule has 1 fully saturated rings. The van der Waals surface area contributed by atoms with Crippen molar-refractivity contribution in [2.75, 3.05) is 26.3 Å². The molecular formula is C13H22N2OS. The molecule has 3 nitrogen and oxygen atoms in total. The van der Waals surface area contributed by atoms with Crippen molar-refractivity contribution >= 4 is 11.3 Å². The highest BCUT2D eigenvalue weighted by Crippen LogP contribution is 2.15. The maximum Gasteiger partial charge on any atom is 0.0623 e. The van der Waals surface area contributed by atoms with E-state index < -0.39 is 0 Å². The molecule has 0 bridgehead atoms. The second-order valence-corrected chi connectivity index (χ2v) is 5.42. The van der Waals surface area contributed by atoms with Crippen LogP contribution in [0.4, 0.5) is 0 Å². The molecule has 2 rings (SSSR count). The Morgan fingerprint density at radius 1 is 1.41 bits per heavy atom. The summed E-state index contributed by atoms with van der Waals surface area (Å²) in [5, 5.41) is 11.5. The van der Waals surface area contributed by atoms with E-state index in [9.17, 15) is 0 Å². The van der Waals surface area contributed by atoms with Gasteiger partial charge in [-0.3, -0.25) is 0 Å². The Balaban J connectivity index is 1.73. The monoisotopic (exact) mass is 254 g/mol. The second kappa shape index (κ2) is 6.50. The molecule has 1 aromatic heterocycles. The van der Waals surface area contributed by atoms with Crippen molar-refractivity contribution in [3.8, 4) is 0 Å². The minimum absolute atomic E-state index is 0.524. The largest absolute Gasteiger partial charge is 0.379 e. The SMILES string of the molecule is CCNC1COCC1CNCc1cscc1C. The van der Waals surface area contributed by atoms with Gasteiger partial charge in [0.2, 0.25) is 0 Å². The average Bonchev–Trinajstić information content (AvgIpc) is 2.90. The molecule has 2 atom stereocenters. The molecule has 0 aliphatic carbocycles. The van der Waals surface area contributed by atoms with Gasteiger partial charge in [-0.15, -0.1) is 0 Å². The minimum Gasteiger partial charge on any atom is -0.379 e. The Labute approximate surface area is 108 Å². The number of hydrogen-bond acceptors (Lipinski definition) is 4. The Morgan fingerprint density at radius 3 is 3.00 bits per heavy atom. The van der Waals surface area contributed by atoms with Crippen LogP contribution in [0.15, 0.2) is 10.8 Å². The summed E-state index contributed by atoms with van der Waals surface area (Å²) in [6, 6.07) is 0.524. The third-order valence-electron chi connectivity index (χ3n) is 3.35. The standard InChI is InChI=1S/C13H22N2OS/c1-3-15-13-7-16-6-11(13)4-14-5-12-9-17-8-10(12)2/h8-9,11,13-15H,3-7H2,1-2H3. The lowest BCUT2D eigenvalue weighted by molar-refractivity contribution is 0.182. The van der Waals surface area contributed by atoms with E-state index in [2.05, 4.69) is 35.2 Å². The maximum absolute atomic E-state index is 5.53. The molecule has 2 unspecified atom stereocenters. The highest BCUT2D eigenvalue weighted by atomic mass is 32.1. The van der Waals surface area contributed by atoms with Crippen LogP contribution in [-0.4, -0.2) is 32.3 Å². The van der Waals surface area contributed by atoms with Crippen LogP contribution in [-0.2, 0) is 11.3 Å². The smallest absolute Gasteiger partial charge is 0.0623 e. The van der Waals surface area contributed by atoms with Gasteiger partial charge in [-0.1, -0.05) is 6.92 Å². The quantitative estimate of drug-likeness (QED) is 0.812. The lowest BCUT2D eigenvalue weighted by atomic mass is 10.0. The topological polar surface area (TPSA) is 33.3 Å². The van der Waals surface area contributed by atoms with Crippen LogP contribution in [0, 0.1) is 12.8 Å². The molecule has 2 N–H and O–H groups in total. The predicted molar refractivity (Wildman–Crippen MR) is 72.5 cm³/mol. The molecular weight excluding hydrogens is 232 g/mol. The Hall–Kier alpha value is -0.420. The predicted octanol–water partition coefficient (Wildman–Crippen LogP) is 1.77. The van der Waals surface area contributed by atoms with Gasteiger partial charge in [0.15, 0.2) is 0 Å². The molecule has 17 heavy (non-hydrogen) atoms. The average molecular weight is 254 g/mol. The number of aryl methyl sites for hydroxylation is 1. The van der Waals surface area contributed by atoms with Gasteiger partial charge in [0.05, 0.1) is 13.2 Å². The molecule has 1 aliphatic heterocycles. The van der Waals surface area contributed by atoms with E-state index in [4.69, 9.17) is 4.74 Å². The van der Waals surface area contributed by atoms with Crippen LogP contribution in [0.5, 0.6) is 0 Å². The summed E-state index contributed by atoms with van der Waals surface area (Å²) in [6.45, 7) is 9.10. The Bertz CT molecular complexity index is 340. The van der Waals surface area contributed by atoms with E-state index >= 15 is 0 Å². The first-order chi connectivity index (χ1) is 8.31. The third kappa shape index (κ3) is 3.52. The molecule has 1 saturated heterocycles.